The van der Waals surface area contributed by atoms with Gasteiger partial charge < -0.3 is 20.3 Å². The van der Waals surface area contributed by atoms with Crippen LogP contribution in [0.5, 0.6) is 0 Å². The lowest BCUT2D eigenvalue weighted by Crippen LogP contribution is -2.36. The summed E-state index contributed by atoms with van der Waals surface area (Å²) in [5.41, 5.74) is 5.05. The molecule has 0 saturated carbocycles. The third kappa shape index (κ3) is 8.33. The van der Waals surface area contributed by atoms with Crippen LogP contribution in [0.4, 0.5) is 16.3 Å². The first kappa shape index (κ1) is 27.2. The van der Waals surface area contributed by atoms with E-state index in [4.69, 9.17) is 9.73 Å². The Labute approximate surface area is 225 Å². The number of aromatic nitrogens is 1. The van der Waals surface area contributed by atoms with Gasteiger partial charge >= 0.3 is 6.03 Å². The second-order valence-corrected chi connectivity index (χ2v) is 10.5. The number of urea groups is 1. The molecule has 1 aromatic carbocycles. The summed E-state index contributed by atoms with van der Waals surface area (Å²) < 4.78 is 5.49. The summed E-state index contributed by atoms with van der Waals surface area (Å²) in [7, 11) is 0. The number of carbonyl (C=O) groups excluding carboxylic acids is 1. The molecule has 0 aliphatic carbocycles. The Balaban J connectivity index is 1.42. The van der Waals surface area contributed by atoms with E-state index in [0.717, 1.165) is 74.8 Å². The Morgan fingerprint density at radius 3 is 2.68 bits per heavy atom. The molecule has 1 aromatic heterocycles. The number of aryl methyl sites for hydroxylation is 1. The number of nitrogens with one attached hydrogen (secondary N) is 2. The fourth-order valence-corrected chi connectivity index (χ4v) is 5.72. The van der Waals surface area contributed by atoms with Crippen molar-refractivity contribution in [2.75, 3.05) is 44.3 Å². The lowest BCUT2D eigenvalue weighted by atomic mass is 9.93. The minimum absolute atomic E-state index is 0.0892. The molecule has 0 spiro atoms. The highest BCUT2D eigenvalue weighted by atomic mass is 32.2. The number of ether oxygens (including phenoxy) is 1. The Bertz CT molecular complexity index is 1060. The Morgan fingerprint density at radius 2 is 1.95 bits per heavy atom. The van der Waals surface area contributed by atoms with E-state index >= 15 is 0 Å². The van der Waals surface area contributed by atoms with Gasteiger partial charge in [-0.25, -0.2) is 14.8 Å². The molecular formula is C29H39N5O2S. The topological polar surface area (TPSA) is 78.9 Å². The third-order valence-corrected chi connectivity index (χ3v) is 7.84. The third-order valence-electron chi connectivity index (χ3n) is 6.77. The molecule has 1 unspecified atom stereocenters. The Morgan fingerprint density at radius 1 is 1.14 bits per heavy atom. The number of hydrogen-bond acceptors (Lipinski definition) is 6. The van der Waals surface area contributed by atoms with Crippen LogP contribution in [0.1, 0.15) is 50.2 Å². The highest BCUT2D eigenvalue weighted by molar-refractivity contribution is 8.16. The number of benzene rings is 1. The predicted molar refractivity (Wildman–Crippen MR) is 155 cm³/mol. The van der Waals surface area contributed by atoms with Crippen LogP contribution in [0.2, 0.25) is 0 Å². The van der Waals surface area contributed by atoms with E-state index in [2.05, 4.69) is 56.3 Å². The number of rotatable bonds is 9. The smallest absolute Gasteiger partial charge is 0.314 e. The average Bonchev–Trinajstić information content (AvgIpc) is 3.13. The van der Waals surface area contributed by atoms with Gasteiger partial charge in [-0.05, 0) is 79.8 Å². The number of hydrogen-bond donors (Lipinski definition) is 2. The van der Waals surface area contributed by atoms with Crippen molar-refractivity contribution in [2.45, 2.75) is 46.0 Å². The maximum atomic E-state index is 11.6. The first-order valence-corrected chi connectivity index (χ1v) is 14.3. The van der Waals surface area contributed by atoms with Crippen LogP contribution >= 0.6 is 11.8 Å². The molecule has 7 nitrogen and oxygen atoms in total. The van der Waals surface area contributed by atoms with Crippen LogP contribution in [0.25, 0.3) is 5.57 Å². The van der Waals surface area contributed by atoms with Gasteiger partial charge in [-0.3, -0.25) is 0 Å². The van der Waals surface area contributed by atoms with E-state index in [1.54, 1.807) is 11.8 Å². The van der Waals surface area contributed by atoms with E-state index in [9.17, 15) is 4.79 Å². The van der Waals surface area contributed by atoms with Crippen molar-refractivity contribution < 1.29 is 9.53 Å². The molecule has 0 radical (unpaired) electrons. The molecule has 3 heterocycles. The number of aliphatic imine (C=N–C) groups is 1. The molecule has 37 heavy (non-hydrogen) atoms. The molecule has 2 aromatic rings. The molecule has 0 bridgehead atoms. The van der Waals surface area contributed by atoms with Crippen molar-refractivity contribution in [3.63, 3.8) is 0 Å². The van der Waals surface area contributed by atoms with Gasteiger partial charge in [0.15, 0.2) is 5.82 Å². The van der Waals surface area contributed by atoms with Crippen LogP contribution in [-0.4, -0.2) is 55.5 Å². The van der Waals surface area contributed by atoms with Crippen molar-refractivity contribution in [3.05, 3.63) is 59.1 Å². The summed E-state index contributed by atoms with van der Waals surface area (Å²) >= 11 is 1.74. The van der Waals surface area contributed by atoms with Gasteiger partial charge in [-0.2, -0.15) is 0 Å². The molecule has 2 aliphatic heterocycles. The monoisotopic (exact) mass is 521 g/mol. The zero-order valence-corrected chi connectivity index (χ0v) is 22.9. The van der Waals surface area contributed by atoms with E-state index < -0.39 is 0 Å². The van der Waals surface area contributed by atoms with Gasteiger partial charge in [0.2, 0.25) is 0 Å². The standard InChI is InChI=1S/C29H39N5O2S/c1-3-30-29(35)31-15-5-4-6-24-8-9-25(21-37-28(24)33-27-14-7-22(2)20-32-27)23-10-12-26(13-11-23)34-16-18-36-19-17-34/h7,10-14,20-21,24H,3-6,8-9,15-19H2,1-2H3,(H2,30,31,35). The van der Waals surface area contributed by atoms with Gasteiger partial charge in [0.05, 0.1) is 18.3 Å². The largest absolute Gasteiger partial charge is 0.378 e. The van der Waals surface area contributed by atoms with Crippen LogP contribution in [0.3, 0.4) is 0 Å². The number of pyridine rings is 1. The number of morpholine rings is 1. The summed E-state index contributed by atoms with van der Waals surface area (Å²) in [5.74, 6) is 1.14. The zero-order valence-electron chi connectivity index (χ0n) is 22.0. The Kier molecular flexibility index (Phi) is 10.4. The first-order valence-electron chi connectivity index (χ1n) is 13.4. The summed E-state index contributed by atoms with van der Waals surface area (Å²) in [5, 5.41) is 9.13. The zero-order chi connectivity index (χ0) is 25.9. The van der Waals surface area contributed by atoms with E-state index in [0.29, 0.717) is 19.0 Å². The summed E-state index contributed by atoms with van der Waals surface area (Å²) in [6.07, 6.45) is 7.00. The minimum atomic E-state index is -0.0892. The maximum absolute atomic E-state index is 11.6. The fraction of sp³-hybridized carbons (Fsp3) is 0.483. The molecule has 2 amide bonds. The highest BCUT2D eigenvalue weighted by Gasteiger charge is 2.21. The normalized spacial score (nSPS) is 19.3. The van der Waals surface area contributed by atoms with Crippen molar-refractivity contribution in [1.29, 1.82) is 0 Å². The molecule has 1 saturated heterocycles. The number of anilines is 1. The van der Waals surface area contributed by atoms with Crippen LogP contribution in [0.15, 0.2) is 53.0 Å². The van der Waals surface area contributed by atoms with Crippen LogP contribution in [0, 0.1) is 12.8 Å². The lowest BCUT2D eigenvalue weighted by Gasteiger charge is -2.29. The molecule has 2 aliphatic rings. The molecule has 1 atom stereocenters. The summed E-state index contributed by atoms with van der Waals surface area (Å²) in [4.78, 5) is 23.5. The van der Waals surface area contributed by atoms with Crippen molar-refractivity contribution in [3.8, 4) is 0 Å². The molecular weight excluding hydrogens is 482 g/mol. The molecule has 198 valence electrons. The summed E-state index contributed by atoms with van der Waals surface area (Å²) in [6.45, 7) is 8.79. The quantitative estimate of drug-likeness (QED) is 0.400. The second-order valence-electron chi connectivity index (χ2n) is 9.57. The van der Waals surface area contributed by atoms with Crippen molar-refractivity contribution >= 4 is 39.9 Å². The van der Waals surface area contributed by atoms with Gasteiger partial charge in [0, 0.05) is 44.0 Å². The van der Waals surface area contributed by atoms with Gasteiger partial charge in [0.1, 0.15) is 0 Å². The number of carbonyl (C=O) groups is 1. The van der Waals surface area contributed by atoms with Crippen LogP contribution in [-0.2, 0) is 4.74 Å². The minimum Gasteiger partial charge on any atom is -0.378 e. The van der Waals surface area contributed by atoms with E-state index in [-0.39, 0.29) is 6.03 Å². The number of unbranched alkanes of at least 4 members (excludes halogenated alkanes) is 1. The SMILES string of the molecule is CCNC(=O)NCCCCC1CCC(c2ccc(N3CCOCC3)cc2)=CSC1=Nc1ccc(C)cn1. The average molecular weight is 522 g/mol. The van der Waals surface area contributed by atoms with Crippen LogP contribution < -0.4 is 15.5 Å². The highest BCUT2D eigenvalue weighted by Crippen LogP contribution is 2.36. The molecule has 8 heteroatoms. The maximum Gasteiger partial charge on any atom is 0.314 e. The second kappa shape index (κ2) is 14.2. The van der Waals surface area contributed by atoms with Gasteiger partial charge in [-0.15, -0.1) is 0 Å². The fourth-order valence-electron chi connectivity index (χ4n) is 4.63. The molecule has 4 rings (SSSR count). The lowest BCUT2D eigenvalue weighted by molar-refractivity contribution is 0.122. The number of nitrogens with zero attached hydrogens (tertiary/aromatic N) is 3. The number of amides is 2. The summed E-state index contributed by atoms with van der Waals surface area (Å²) in [6, 6.07) is 13.0. The van der Waals surface area contributed by atoms with E-state index in [1.165, 1.54) is 16.8 Å². The van der Waals surface area contributed by atoms with Crippen molar-refractivity contribution in [2.24, 2.45) is 10.9 Å². The molecule has 1 fully saturated rings. The van der Waals surface area contributed by atoms with Gasteiger partial charge in [-0.1, -0.05) is 36.4 Å². The molecule has 2 N–H and O–H groups in total. The number of thioether (sulfide) groups is 1. The van der Waals surface area contributed by atoms with E-state index in [1.807, 2.05) is 26.1 Å². The van der Waals surface area contributed by atoms with Crippen molar-refractivity contribution in [1.82, 2.24) is 15.6 Å². The number of allylic oxidation sites excluding steroid dienone is 1. The predicted octanol–water partition coefficient (Wildman–Crippen LogP) is 5.93. The van der Waals surface area contributed by atoms with Gasteiger partial charge in [0.25, 0.3) is 0 Å². The Hall–Kier alpha value is -2.84. The first-order chi connectivity index (χ1) is 18.1.